The van der Waals surface area contributed by atoms with Crippen LogP contribution in [-0.2, 0) is 0 Å². The first-order chi connectivity index (χ1) is 10.7. The lowest BCUT2D eigenvalue weighted by Gasteiger charge is -2.05. The summed E-state index contributed by atoms with van der Waals surface area (Å²) in [6.07, 6.45) is 5.40. The van der Waals surface area contributed by atoms with Crippen molar-refractivity contribution in [3.05, 3.63) is 61.0 Å². The summed E-state index contributed by atoms with van der Waals surface area (Å²) in [5.74, 6) is -0.967. The highest BCUT2D eigenvalue weighted by atomic mass is 16.4. The Morgan fingerprint density at radius 3 is 1.50 bits per heavy atom. The maximum absolute atomic E-state index is 11.7. The van der Waals surface area contributed by atoms with Crippen molar-refractivity contribution in [3.8, 4) is 0 Å². The molecule has 0 radical (unpaired) electrons. The van der Waals surface area contributed by atoms with E-state index < -0.39 is 11.8 Å². The molecule has 8 nitrogen and oxygen atoms in total. The van der Waals surface area contributed by atoms with E-state index in [0.717, 1.165) is 0 Å². The van der Waals surface area contributed by atoms with Crippen molar-refractivity contribution in [2.24, 2.45) is 0 Å². The molecule has 22 heavy (non-hydrogen) atoms. The van der Waals surface area contributed by atoms with Gasteiger partial charge in [-0.1, -0.05) is 0 Å². The molecule has 0 atom stereocenters. The van der Waals surface area contributed by atoms with Crippen LogP contribution in [0.4, 0.5) is 11.4 Å². The molecule has 0 aliphatic heterocycles. The molecule has 3 aromatic rings. The first kappa shape index (κ1) is 13.6. The lowest BCUT2D eigenvalue weighted by Crippen LogP contribution is -2.13. The maximum atomic E-state index is 11.7. The zero-order chi connectivity index (χ0) is 15.4. The zero-order valence-corrected chi connectivity index (χ0v) is 11.1. The first-order valence-corrected chi connectivity index (χ1v) is 6.24. The third-order valence-corrected chi connectivity index (χ3v) is 2.65. The molecule has 2 amide bonds. The minimum Gasteiger partial charge on any atom is -0.441 e. The van der Waals surface area contributed by atoms with Gasteiger partial charge in [0.2, 0.25) is 0 Å². The second-order valence-electron chi connectivity index (χ2n) is 4.16. The number of nitrogens with one attached hydrogen (secondary N) is 2. The van der Waals surface area contributed by atoms with Crippen molar-refractivity contribution in [1.82, 2.24) is 9.97 Å². The average molecular weight is 298 g/mol. The van der Waals surface area contributed by atoms with Crippen LogP contribution in [0, 0.1) is 0 Å². The molecule has 110 valence electrons. The molecule has 2 heterocycles. The number of oxazole rings is 2. The second-order valence-corrected chi connectivity index (χ2v) is 4.16. The van der Waals surface area contributed by atoms with E-state index in [1.165, 1.54) is 24.9 Å². The van der Waals surface area contributed by atoms with Gasteiger partial charge in [-0.3, -0.25) is 9.59 Å². The minimum atomic E-state index is -0.457. The lowest BCUT2D eigenvalue weighted by molar-refractivity contribution is 0.0982. The normalized spacial score (nSPS) is 10.2. The fourth-order valence-corrected chi connectivity index (χ4v) is 1.68. The van der Waals surface area contributed by atoms with E-state index in [-0.39, 0.29) is 11.8 Å². The van der Waals surface area contributed by atoms with Crippen molar-refractivity contribution < 1.29 is 18.4 Å². The summed E-state index contributed by atoms with van der Waals surface area (Å²) >= 11 is 0. The van der Waals surface area contributed by atoms with Crippen LogP contribution in [0.2, 0.25) is 0 Å². The number of benzene rings is 1. The second kappa shape index (κ2) is 5.92. The highest BCUT2D eigenvalue weighted by Gasteiger charge is 2.12. The highest BCUT2D eigenvalue weighted by Crippen LogP contribution is 2.15. The van der Waals surface area contributed by atoms with Crippen molar-refractivity contribution in [2.45, 2.75) is 0 Å². The third-order valence-electron chi connectivity index (χ3n) is 2.65. The molecule has 0 unspecified atom stereocenters. The Bertz CT molecular complexity index is 697. The van der Waals surface area contributed by atoms with Gasteiger partial charge in [0.1, 0.15) is 12.5 Å². The molecule has 0 aliphatic rings. The first-order valence-electron chi connectivity index (χ1n) is 6.24. The number of hydrogen-bond donors (Lipinski definition) is 2. The van der Waals surface area contributed by atoms with Gasteiger partial charge in [-0.25, -0.2) is 9.97 Å². The lowest BCUT2D eigenvalue weighted by atomic mass is 10.2. The summed E-state index contributed by atoms with van der Waals surface area (Å²) in [7, 11) is 0. The Kier molecular flexibility index (Phi) is 3.65. The number of carbonyl (C=O) groups excluding carboxylic acids is 2. The van der Waals surface area contributed by atoms with E-state index in [9.17, 15) is 9.59 Å². The van der Waals surface area contributed by atoms with Gasteiger partial charge in [0.15, 0.2) is 0 Å². The predicted molar refractivity (Wildman–Crippen MR) is 75.4 cm³/mol. The number of nitrogens with zero attached hydrogens (tertiary/aromatic N) is 2. The minimum absolute atomic E-state index is 0.0266. The van der Waals surface area contributed by atoms with Gasteiger partial charge in [0.25, 0.3) is 11.8 Å². The van der Waals surface area contributed by atoms with Crippen LogP contribution in [0.25, 0.3) is 0 Å². The average Bonchev–Trinajstić information content (AvgIpc) is 3.23. The summed E-state index contributed by atoms with van der Waals surface area (Å²) in [4.78, 5) is 31.0. The molecule has 8 heteroatoms. The SMILES string of the molecule is O=C(Nc1ccc(NC(=O)c2ncco2)cc1)c1ncco1. The molecule has 3 rings (SSSR count). The van der Waals surface area contributed by atoms with Crippen LogP contribution in [0.3, 0.4) is 0 Å². The summed E-state index contributed by atoms with van der Waals surface area (Å²) in [6, 6.07) is 6.52. The number of hydrogen-bond acceptors (Lipinski definition) is 6. The molecule has 1 aromatic carbocycles. The molecule has 0 fully saturated rings. The van der Waals surface area contributed by atoms with E-state index in [0.29, 0.717) is 11.4 Å². The molecule has 0 aliphatic carbocycles. The van der Waals surface area contributed by atoms with E-state index in [2.05, 4.69) is 20.6 Å². The number of anilines is 2. The Balaban J connectivity index is 1.63. The van der Waals surface area contributed by atoms with Gasteiger partial charge in [0, 0.05) is 11.4 Å². The standard InChI is InChI=1S/C14H10N4O4/c19-11(13-15-5-7-21-13)17-9-1-2-10(4-3-9)18-12(20)14-16-6-8-22-14/h1-8H,(H,17,19)(H,18,20). The number of carbonyl (C=O) groups is 2. The van der Waals surface area contributed by atoms with Crippen LogP contribution in [0.5, 0.6) is 0 Å². The number of amides is 2. The van der Waals surface area contributed by atoms with E-state index in [4.69, 9.17) is 8.83 Å². The molecule has 0 saturated carbocycles. The summed E-state index contributed by atoms with van der Waals surface area (Å²) in [6.45, 7) is 0. The molecule has 0 saturated heterocycles. The van der Waals surface area contributed by atoms with E-state index in [1.807, 2.05) is 0 Å². The smallest absolute Gasteiger partial charge is 0.311 e. The van der Waals surface area contributed by atoms with E-state index >= 15 is 0 Å². The number of rotatable bonds is 4. The van der Waals surface area contributed by atoms with Gasteiger partial charge in [-0.05, 0) is 24.3 Å². The molecular formula is C14H10N4O4. The Morgan fingerprint density at radius 2 is 1.18 bits per heavy atom. The number of aromatic nitrogens is 2. The highest BCUT2D eigenvalue weighted by molar-refractivity contribution is 6.02. The van der Waals surface area contributed by atoms with Gasteiger partial charge >= 0.3 is 11.8 Å². The molecule has 0 bridgehead atoms. The monoisotopic (exact) mass is 298 g/mol. The van der Waals surface area contributed by atoms with Crippen LogP contribution in [0.15, 0.2) is 58.0 Å². The molecule has 2 N–H and O–H groups in total. The van der Waals surface area contributed by atoms with Crippen LogP contribution in [-0.4, -0.2) is 21.8 Å². The summed E-state index contributed by atoms with van der Waals surface area (Å²) in [5.41, 5.74) is 1.08. The quantitative estimate of drug-likeness (QED) is 0.763. The zero-order valence-electron chi connectivity index (χ0n) is 11.1. The topological polar surface area (TPSA) is 110 Å². The van der Waals surface area contributed by atoms with Gasteiger partial charge in [0.05, 0.1) is 12.4 Å². The predicted octanol–water partition coefficient (Wildman–Crippen LogP) is 2.17. The molecule has 0 spiro atoms. The van der Waals surface area contributed by atoms with Crippen molar-refractivity contribution in [3.63, 3.8) is 0 Å². The van der Waals surface area contributed by atoms with Gasteiger partial charge < -0.3 is 19.5 Å². The fraction of sp³-hybridized carbons (Fsp3) is 0. The summed E-state index contributed by atoms with van der Waals surface area (Å²) < 4.78 is 9.78. The van der Waals surface area contributed by atoms with E-state index in [1.54, 1.807) is 24.3 Å². The fourth-order valence-electron chi connectivity index (χ4n) is 1.68. The Morgan fingerprint density at radius 1 is 0.773 bits per heavy atom. The van der Waals surface area contributed by atoms with Crippen LogP contribution >= 0.6 is 0 Å². The van der Waals surface area contributed by atoms with Gasteiger partial charge in [-0.2, -0.15) is 0 Å². The largest absolute Gasteiger partial charge is 0.441 e. The van der Waals surface area contributed by atoms with Gasteiger partial charge in [-0.15, -0.1) is 0 Å². The Hall–Kier alpha value is -3.42. The maximum Gasteiger partial charge on any atom is 0.311 e. The Labute approximate surface area is 124 Å². The van der Waals surface area contributed by atoms with Crippen LogP contribution in [0.1, 0.15) is 21.4 Å². The van der Waals surface area contributed by atoms with Crippen molar-refractivity contribution >= 4 is 23.2 Å². The van der Waals surface area contributed by atoms with Crippen LogP contribution < -0.4 is 10.6 Å². The van der Waals surface area contributed by atoms with Crippen molar-refractivity contribution in [1.29, 1.82) is 0 Å². The van der Waals surface area contributed by atoms with Crippen molar-refractivity contribution in [2.75, 3.05) is 10.6 Å². The third kappa shape index (κ3) is 3.01. The molecular weight excluding hydrogens is 288 g/mol. The molecule has 2 aromatic heterocycles. The summed E-state index contributed by atoms with van der Waals surface area (Å²) in [5, 5.41) is 5.23.